The fourth-order valence-electron chi connectivity index (χ4n) is 1.91. The van der Waals surface area contributed by atoms with Gasteiger partial charge in [0, 0.05) is 18.6 Å². The number of nitrogens with one attached hydrogen (secondary N) is 1. The van der Waals surface area contributed by atoms with E-state index in [9.17, 15) is 4.79 Å². The Morgan fingerprint density at radius 2 is 2.13 bits per heavy atom. The van der Waals surface area contributed by atoms with E-state index < -0.39 is 0 Å². The second-order valence-corrected chi connectivity index (χ2v) is 4.55. The first-order chi connectivity index (χ1) is 7.13. The number of nitrogens with two attached hydrogens (primary N) is 1. The smallest absolute Gasteiger partial charge is 0.234 e. The van der Waals surface area contributed by atoms with E-state index in [1.54, 1.807) is 0 Å². The van der Waals surface area contributed by atoms with E-state index >= 15 is 0 Å². The van der Waals surface area contributed by atoms with E-state index in [4.69, 9.17) is 5.73 Å². The molecule has 0 bridgehead atoms. The molecular weight excluding hydrogens is 190 g/mol. The summed E-state index contributed by atoms with van der Waals surface area (Å²) < 4.78 is 0. The number of hydrogen-bond acceptors (Lipinski definition) is 3. The minimum absolute atomic E-state index is 0.129. The third-order valence-corrected chi connectivity index (χ3v) is 3.21. The number of nitrogens with zero attached hydrogens (tertiary/aromatic N) is 1. The van der Waals surface area contributed by atoms with Crippen LogP contribution in [0.1, 0.15) is 32.6 Å². The van der Waals surface area contributed by atoms with Gasteiger partial charge in [0.05, 0.1) is 6.54 Å². The third kappa shape index (κ3) is 4.18. The van der Waals surface area contributed by atoms with Crippen molar-refractivity contribution in [1.82, 2.24) is 10.2 Å². The number of carbonyl (C=O) groups excluding carboxylic acids is 1. The Hall–Kier alpha value is -0.610. The van der Waals surface area contributed by atoms with Gasteiger partial charge in [-0.3, -0.25) is 9.69 Å². The molecule has 0 aromatic heterocycles. The van der Waals surface area contributed by atoms with Gasteiger partial charge < -0.3 is 11.1 Å². The van der Waals surface area contributed by atoms with Gasteiger partial charge >= 0.3 is 0 Å². The lowest BCUT2D eigenvalue weighted by Gasteiger charge is -2.23. The van der Waals surface area contributed by atoms with Gasteiger partial charge in [-0.25, -0.2) is 0 Å². The predicted molar refractivity (Wildman–Crippen MR) is 61.5 cm³/mol. The van der Waals surface area contributed by atoms with Crippen LogP contribution in [0.4, 0.5) is 0 Å². The summed E-state index contributed by atoms with van der Waals surface area (Å²) in [5.41, 5.74) is 5.54. The lowest BCUT2D eigenvalue weighted by molar-refractivity contribution is -0.123. The van der Waals surface area contributed by atoms with Crippen LogP contribution in [0.2, 0.25) is 0 Å². The molecule has 1 aliphatic carbocycles. The van der Waals surface area contributed by atoms with Crippen LogP contribution in [0, 0.1) is 0 Å². The molecule has 1 rings (SSSR count). The Labute approximate surface area is 92.2 Å². The van der Waals surface area contributed by atoms with E-state index in [1.807, 2.05) is 18.9 Å². The zero-order valence-corrected chi connectivity index (χ0v) is 9.83. The molecule has 4 nitrogen and oxygen atoms in total. The molecule has 0 saturated heterocycles. The van der Waals surface area contributed by atoms with Crippen LogP contribution in [0.3, 0.4) is 0 Å². The summed E-state index contributed by atoms with van der Waals surface area (Å²) in [5.74, 6) is 0.129. The molecule has 0 heterocycles. The molecule has 1 unspecified atom stereocenters. The first-order valence-corrected chi connectivity index (χ1v) is 5.83. The van der Waals surface area contributed by atoms with Gasteiger partial charge in [0.2, 0.25) is 5.91 Å². The number of hydrogen-bond donors (Lipinski definition) is 2. The fourth-order valence-corrected chi connectivity index (χ4v) is 1.91. The van der Waals surface area contributed by atoms with Gasteiger partial charge in [-0.2, -0.15) is 0 Å². The normalized spacial score (nSPS) is 19.5. The molecule has 1 aliphatic rings. The molecule has 3 N–H and O–H groups in total. The van der Waals surface area contributed by atoms with Crippen molar-refractivity contribution in [3.8, 4) is 0 Å². The van der Waals surface area contributed by atoms with Crippen molar-refractivity contribution in [2.75, 3.05) is 20.1 Å². The van der Waals surface area contributed by atoms with E-state index in [2.05, 4.69) is 5.32 Å². The molecule has 1 amide bonds. The Morgan fingerprint density at radius 1 is 1.53 bits per heavy atom. The highest BCUT2D eigenvalue weighted by Crippen LogP contribution is 2.17. The number of carbonyl (C=O) groups is 1. The number of amides is 1. The maximum atomic E-state index is 11.6. The summed E-state index contributed by atoms with van der Waals surface area (Å²) in [7, 11) is 1.94. The molecule has 1 saturated carbocycles. The second-order valence-electron chi connectivity index (χ2n) is 4.55. The van der Waals surface area contributed by atoms with Crippen LogP contribution < -0.4 is 11.1 Å². The van der Waals surface area contributed by atoms with Gasteiger partial charge in [-0.05, 0) is 26.8 Å². The van der Waals surface area contributed by atoms with Gasteiger partial charge in [-0.1, -0.05) is 12.8 Å². The highest BCUT2D eigenvalue weighted by Gasteiger charge is 2.18. The molecule has 1 atom stereocenters. The van der Waals surface area contributed by atoms with Crippen LogP contribution in [0.5, 0.6) is 0 Å². The van der Waals surface area contributed by atoms with Crippen molar-refractivity contribution in [2.24, 2.45) is 5.73 Å². The highest BCUT2D eigenvalue weighted by atomic mass is 16.2. The summed E-state index contributed by atoms with van der Waals surface area (Å²) in [5, 5.41) is 3.07. The second kappa shape index (κ2) is 6.08. The van der Waals surface area contributed by atoms with E-state index in [-0.39, 0.29) is 11.9 Å². The van der Waals surface area contributed by atoms with Gasteiger partial charge in [0.15, 0.2) is 0 Å². The maximum Gasteiger partial charge on any atom is 0.234 e. The van der Waals surface area contributed by atoms with Gasteiger partial charge in [0.1, 0.15) is 0 Å². The molecule has 0 aromatic carbocycles. The Morgan fingerprint density at radius 3 is 2.67 bits per heavy atom. The average Bonchev–Trinajstić information content (AvgIpc) is 2.68. The Bertz CT molecular complexity index is 202. The largest absolute Gasteiger partial charge is 0.352 e. The molecule has 0 aliphatic heterocycles. The maximum absolute atomic E-state index is 11.6. The predicted octanol–water partition coefficient (Wildman–Crippen LogP) is 0.324. The zero-order chi connectivity index (χ0) is 11.3. The van der Waals surface area contributed by atoms with Crippen molar-refractivity contribution < 1.29 is 4.79 Å². The first-order valence-electron chi connectivity index (χ1n) is 5.83. The lowest BCUT2D eigenvalue weighted by atomic mass is 10.2. The molecule has 15 heavy (non-hydrogen) atoms. The quantitative estimate of drug-likeness (QED) is 0.691. The molecule has 0 spiro atoms. The van der Waals surface area contributed by atoms with Crippen LogP contribution >= 0.6 is 0 Å². The summed E-state index contributed by atoms with van der Waals surface area (Å²) in [6.07, 6.45) is 4.78. The van der Waals surface area contributed by atoms with Crippen LogP contribution in [-0.2, 0) is 4.79 Å². The Balaban J connectivity index is 2.22. The van der Waals surface area contributed by atoms with Crippen LogP contribution in [-0.4, -0.2) is 43.0 Å². The lowest BCUT2D eigenvalue weighted by Crippen LogP contribution is -2.44. The highest BCUT2D eigenvalue weighted by molar-refractivity contribution is 5.78. The van der Waals surface area contributed by atoms with Gasteiger partial charge in [-0.15, -0.1) is 0 Å². The standard InChI is InChI=1S/C11H23N3O/c1-9(7-12)14(2)8-11(15)13-10-5-3-4-6-10/h9-10H,3-8,12H2,1-2H3,(H,13,15). The molecule has 1 fully saturated rings. The van der Waals surface area contributed by atoms with Crippen molar-refractivity contribution in [3.05, 3.63) is 0 Å². The molecule has 4 heteroatoms. The fraction of sp³-hybridized carbons (Fsp3) is 0.909. The summed E-state index contributed by atoms with van der Waals surface area (Å²) in [4.78, 5) is 13.6. The van der Waals surface area contributed by atoms with E-state index in [0.29, 0.717) is 19.1 Å². The monoisotopic (exact) mass is 213 g/mol. The average molecular weight is 213 g/mol. The molecule has 88 valence electrons. The minimum Gasteiger partial charge on any atom is -0.352 e. The first kappa shape index (κ1) is 12.5. The SMILES string of the molecule is CC(CN)N(C)CC(=O)NC1CCCC1. The van der Waals surface area contributed by atoms with Crippen LogP contribution in [0.15, 0.2) is 0 Å². The van der Waals surface area contributed by atoms with E-state index in [1.165, 1.54) is 12.8 Å². The van der Waals surface area contributed by atoms with Crippen molar-refractivity contribution in [1.29, 1.82) is 0 Å². The molecular formula is C11H23N3O. The zero-order valence-electron chi connectivity index (χ0n) is 9.83. The number of likely N-dealkylation sites (N-methyl/N-ethyl adjacent to an activating group) is 1. The summed E-state index contributed by atoms with van der Waals surface area (Å²) in [6, 6.07) is 0.679. The van der Waals surface area contributed by atoms with Crippen molar-refractivity contribution in [2.45, 2.75) is 44.7 Å². The minimum atomic E-state index is 0.129. The summed E-state index contributed by atoms with van der Waals surface area (Å²) >= 11 is 0. The van der Waals surface area contributed by atoms with Crippen molar-refractivity contribution in [3.63, 3.8) is 0 Å². The van der Waals surface area contributed by atoms with Crippen molar-refractivity contribution >= 4 is 5.91 Å². The number of rotatable bonds is 5. The molecule has 0 radical (unpaired) electrons. The van der Waals surface area contributed by atoms with E-state index in [0.717, 1.165) is 12.8 Å². The van der Waals surface area contributed by atoms with Gasteiger partial charge in [0.25, 0.3) is 0 Å². The Kier molecular flexibility index (Phi) is 5.05. The summed E-state index contributed by atoms with van der Waals surface area (Å²) in [6.45, 7) is 3.07. The van der Waals surface area contributed by atoms with Crippen LogP contribution in [0.25, 0.3) is 0 Å². The topological polar surface area (TPSA) is 58.4 Å². The molecule has 0 aromatic rings. The third-order valence-electron chi connectivity index (χ3n) is 3.21.